The predicted octanol–water partition coefficient (Wildman–Crippen LogP) is 1.83. The van der Waals surface area contributed by atoms with Gasteiger partial charge in [0.15, 0.2) is 10.7 Å². The Morgan fingerprint density at radius 2 is 1.23 bits per heavy atom. The molecule has 8 atom stereocenters. The Morgan fingerprint density at radius 1 is 0.644 bits per heavy atom. The number of hydrogen-bond acceptors (Lipinski definition) is 19. The number of aliphatic hydroxyl groups excluding tert-OH is 1. The van der Waals surface area contributed by atoms with Gasteiger partial charge in [-0.25, -0.2) is 4.79 Å². The number of rotatable bonds is 15. The molecule has 33 heteroatoms. The second-order valence-corrected chi connectivity index (χ2v) is 27.3. The average Bonchev–Trinajstić information content (AvgIpc) is 1.48. The van der Waals surface area contributed by atoms with Crippen LogP contribution in [0.4, 0.5) is 5.69 Å². The first-order chi connectivity index (χ1) is 49.6. The zero-order valence-electron chi connectivity index (χ0n) is 57.9. The number of nitrogens with two attached hydrogens (primary N) is 1. The number of thiocarbonyl (C=S) groups is 1. The lowest BCUT2D eigenvalue weighted by Gasteiger charge is -2.36. The Labute approximate surface area is 604 Å². The number of benzene rings is 3. The summed E-state index contributed by atoms with van der Waals surface area (Å²) in [5.41, 5.74) is 6.08. The molecule has 0 aliphatic carbocycles. The van der Waals surface area contributed by atoms with Crippen molar-refractivity contribution < 1.29 is 97.3 Å². The number of amides is 10. The summed E-state index contributed by atoms with van der Waals surface area (Å²) in [5, 5.41) is 67.8. The van der Waals surface area contributed by atoms with Crippen molar-refractivity contribution in [3.05, 3.63) is 89.0 Å². The van der Waals surface area contributed by atoms with E-state index >= 15 is 0 Å². The molecular formula is C71H90N12O20S. The summed E-state index contributed by atoms with van der Waals surface area (Å²) in [6.45, 7) is 1.78. The summed E-state index contributed by atoms with van der Waals surface area (Å²) < 4.78 is 12.3. The maximum absolute atomic E-state index is 14.5. The highest BCUT2D eigenvalue weighted by molar-refractivity contribution is 7.80. The van der Waals surface area contributed by atoms with Gasteiger partial charge in [0.1, 0.15) is 65.3 Å². The van der Waals surface area contributed by atoms with Gasteiger partial charge in [0, 0.05) is 93.0 Å². The number of esters is 1. The van der Waals surface area contributed by atoms with E-state index in [4.69, 9.17) is 27.4 Å². The maximum Gasteiger partial charge on any atom is 0.340 e. The van der Waals surface area contributed by atoms with Crippen LogP contribution in [0.3, 0.4) is 0 Å². The van der Waals surface area contributed by atoms with E-state index in [1.165, 1.54) is 52.8 Å². The molecule has 3 fully saturated rings. The first kappa shape index (κ1) is 77.7. The molecule has 560 valence electrons. The van der Waals surface area contributed by atoms with Crippen molar-refractivity contribution in [3.63, 3.8) is 0 Å². The second-order valence-electron chi connectivity index (χ2n) is 26.9. The number of carbonyl (C=O) groups is 13. The van der Waals surface area contributed by atoms with Gasteiger partial charge in [0.25, 0.3) is 0 Å². The number of phenolic OH excluding ortho intramolecular Hbond substituents is 2. The number of nitrogens with zero attached hydrogens (tertiary/aromatic N) is 5. The van der Waals surface area contributed by atoms with E-state index in [0.29, 0.717) is 80.2 Å². The lowest BCUT2D eigenvalue weighted by Crippen LogP contribution is -2.61. The van der Waals surface area contributed by atoms with Crippen molar-refractivity contribution in [2.24, 2.45) is 5.73 Å². The minimum Gasteiger partial charge on any atom is -0.508 e. The number of hydrogen-bond donors (Lipinski definition) is 12. The normalized spacial score (nSPS) is 23.8. The van der Waals surface area contributed by atoms with Crippen molar-refractivity contribution >= 4 is 100.0 Å². The number of ether oxygens (including phenoxy) is 2. The molecule has 3 aromatic carbocycles. The lowest BCUT2D eigenvalue weighted by atomic mass is 9.77. The molecule has 6 heterocycles. The van der Waals surface area contributed by atoms with E-state index in [9.17, 15) is 87.9 Å². The molecule has 32 nitrogen and oxygen atoms in total. The Morgan fingerprint density at radius 3 is 1.85 bits per heavy atom. The number of carbonyl (C=O) groups excluding carboxylic acids is 11. The number of nitrogens with one attached hydrogen (secondary N) is 6. The maximum atomic E-state index is 14.5. The van der Waals surface area contributed by atoms with Crippen LogP contribution in [-0.4, -0.2) is 233 Å². The van der Waals surface area contributed by atoms with Crippen LogP contribution in [0.2, 0.25) is 0 Å². The molecule has 13 N–H and O–H groups in total. The number of aliphatic carboxylic acids is 2. The molecule has 9 rings (SSSR count). The second kappa shape index (κ2) is 35.2. The highest BCUT2D eigenvalue weighted by Crippen LogP contribution is 2.57. The number of anilines is 1. The number of phenols is 2. The fourth-order valence-corrected chi connectivity index (χ4v) is 14.4. The van der Waals surface area contributed by atoms with Crippen molar-refractivity contribution in [3.8, 4) is 23.0 Å². The Kier molecular flexibility index (Phi) is 26.3. The molecule has 0 saturated carbocycles. The van der Waals surface area contributed by atoms with E-state index in [-0.39, 0.29) is 111 Å². The highest BCUT2D eigenvalue weighted by atomic mass is 32.1. The summed E-state index contributed by atoms with van der Waals surface area (Å²) in [7, 11) is 0. The summed E-state index contributed by atoms with van der Waals surface area (Å²) in [4.78, 5) is 184. The minimum absolute atomic E-state index is 0.0171. The number of fused-ring (bicyclic) bond motifs is 9. The molecule has 0 aromatic heterocycles. The van der Waals surface area contributed by atoms with E-state index < -0.39 is 163 Å². The third-order valence-electron chi connectivity index (χ3n) is 19.4. The van der Waals surface area contributed by atoms with Crippen molar-refractivity contribution in [2.45, 2.75) is 183 Å². The fraction of sp³-hybridized carbons (Fsp3) is 0.521. The van der Waals surface area contributed by atoms with Crippen LogP contribution in [0.5, 0.6) is 23.0 Å². The van der Waals surface area contributed by atoms with Crippen molar-refractivity contribution in [2.75, 3.05) is 57.7 Å². The molecule has 104 heavy (non-hydrogen) atoms. The number of carboxylic acids is 2. The standard InChI is InChI=1S/C71H90N12O20S/c1-40-65(97)83-34-14-17-53(83)68(100)82-33-13-15-51(82)62(94)77-49(25-27-59(90)91)66(98)80(38-56(72)87)31-11-7-5-3-4-6-10-30-79(39-57(88)76-50(26-28-60(92)93)67(99)81-32-12-16-52(81)63(95)78-61(41(2)84)64(96)74-40)58(89)18-8-9-29-73-70(104)75-42-19-22-45-48(35-42)71(103-69(45)101)46-23-20-43(85)36-54(46)102-55-37-44(86)21-24-47(55)71/h7,11,19-24,35-37,40-41,49-53,61,84-86H,3-6,8-10,12-18,25-34,38-39H2,1-2H3,(H2,72,87)(H,74,96)(H,76,88)(H,77,94)(H,78,95)(H,90,91)(H,92,93)(H2,73,75,104)/b11-7-/t40-,41+,49-,50-,51-,52-,53-,61-/m0/s1. The first-order valence-electron chi connectivity index (χ1n) is 35.2. The summed E-state index contributed by atoms with van der Waals surface area (Å²) in [6, 6.07) is 4.26. The molecule has 0 bridgehead atoms. The Hall–Kier alpha value is -10.4. The Balaban J connectivity index is 0.890. The summed E-state index contributed by atoms with van der Waals surface area (Å²) >= 11 is 5.68. The molecule has 10 amide bonds. The van der Waals surface area contributed by atoms with Gasteiger partial charge in [-0.2, -0.15) is 0 Å². The number of aliphatic hydroxyl groups is 1. The molecular weight excluding hydrogens is 1370 g/mol. The van der Waals surface area contributed by atoms with Gasteiger partial charge in [-0.1, -0.05) is 25.0 Å². The van der Waals surface area contributed by atoms with Crippen LogP contribution in [0.25, 0.3) is 0 Å². The number of primary amides is 1. The van der Waals surface area contributed by atoms with Gasteiger partial charge in [0.05, 0.1) is 24.8 Å². The molecule has 6 aliphatic rings. The summed E-state index contributed by atoms with van der Waals surface area (Å²) in [6.07, 6.45) is 4.61. The topological polar surface area (TPSA) is 456 Å². The number of aromatic hydroxyl groups is 2. The first-order valence-corrected chi connectivity index (χ1v) is 35.6. The highest BCUT2D eigenvalue weighted by Gasteiger charge is 2.54. The van der Waals surface area contributed by atoms with Gasteiger partial charge in [-0.3, -0.25) is 57.5 Å². The average molecular weight is 1460 g/mol. The minimum atomic E-state index is -1.70. The van der Waals surface area contributed by atoms with E-state index in [1.54, 1.807) is 42.5 Å². The third-order valence-corrected chi connectivity index (χ3v) is 19.6. The van der Waals surface area contributed by atoms with Crippen LogP contribution < -0.4 is 42.4 Å². The number of carboxylic acid groups (broad SMARTS) is 2. The lowest BCUT2D eigenvalue weighted by molar-refractivity contribution is -0.148. The largest absolute Gasteiger partial charge is 0.508 e. The van der Waals surface area contributed by atoms with E-state index in [2.05, 4.69) is 31.9 Å². The zero-order chi connectivity index (χ0) is 75.1. The monoisotopic (exact) mass is 1460 g/mol. The van der Waals surface area contributed by atoms with Crippen LogP contribution in [0.15, 0.2) is 66.7 Å². The zero-order valence-corrected chi connectivity index (χ0v) is 58.8. The van der Waals surface area contributed by atoms with Gasteiger partial charge >= 0.3 is 17.9 Å². The predicted molar refractivity (Wildman–Crippen MR) is 374 cm³/mol. The molecule has 3 saturated heterocycles. The molecule has 3 aromatic rings. The quantitative estimate of drug-likeness (QED) is 0.0447. The fourth-order valence-electron chi connectivity index (χ4n) is 14.2. The molecule has 0 unspecified atom stereocenters. The van der Waals surface area contributed by atoms with E-state index in [0.717, 1.165) is 9.80 Å². The van der Waals surface area contributed by atoms with Crippen molar-refractivity contribution in [1.29, 1.82) is 0 Å². The van der Waals surface area contributed by atoms with Crippen LogP contribution in [-0.2, 0) is 67.9 Å². The van der Waals surface area contributed by atoms with Crippen LogP contribution >= 0.6 is 12.2 Å². The smallest absolute Gasteiger partial charge is 0.340 e. The van der Waals surface area contributed by atoms with E-state index in [1.807, 2.05) is 0 Å². The van der Waals surface area contributed by atoms with Crippen LogP contribution in [0.1, 0.15) is 156 Å². The number of allylic oxidation sites excluding steroid dienone is 1. The van der Waals surface area contributed by atoms with Gasteiger partial charge in [0.2, 0.25) is 59.1 Å². The SMILES string of the molecule is C[C@@H]1NC(=O)[C@H]([C@@H](C)O)NC(=O)[C@@H]2CCCN2C(=O)[C@H](CCC(=O)O)NC(=O)CN(C(=O)CCCCNC(=S)Nc2ccc3c(c2)C2(OC3=O)c3ccc(O)cc3Oc3cc(O)ccc32)CCCCCC/C=C\CN(CC(N)=O)C(=O)[C@H](CCC(=O)O)NC(=O)[C@@H]2CCCN2C(=O)[C@@H]2CCCN2C1=O. The summed E-state index contributed by atoms with van der Waals surface area (Å²) in [5.74, 6) is -10.7. The van der Waals surface area contributed by atoms with Crippen LogP contribution in [0, 0.1) is 0 Å². The van der Waals surface area contributed by atoms with Gasteiger partial charge < -0.3 is 97.1 Å². The number of unbranched alkanes of at least 4 members (excludes halogenated alkanes) is 1. The van der Waals surface area contributed by atoms with Crippen molar-refractivity contribution in [1.82, 2.24) is 51.1 Å². The third kappa shape index (κ3) is 18.9. The molecule has 1 spiro atoms. The van der Waals surface area contributed by atoms with Gasteiger partial charge in [-0.15, -0.1) is 0 Å². The molecule has 6 aliphatic heterocycles. The van der Waals surface area contributed by atoms with Gasteiger partial charge in [-0.05, 0) is 152 Å². The molecule has 0 radical (unpaired) electrons. The Bertz CT molecular complexity index is 3800.